The predicted molar refractivity (Wildman–Crippen MR) is 177 cm³/mol. The van der Waals surface area contributed by atoms with Gasteiger partial charge in [0.25, 0.3) is 0 Å². The first-order chi connectivity index (χ1) is 21.3. The molecule has 0 spiro atoms. The highest BCUT2D eigenvalue weighted by atomic mass is 16.5. The third kappa shape index (κ3) is 7.97. The number of ketones is 1. The van der Waals surface area contributed by atoms with E-state index in [9.17, 15) is 4.79 Å². The maximum Gasteiger partial charge on any atom is 0.132 e. The number of aryl methyl sites for hydroxylation is 1. The summed E-state index contributed by atoms with van der Waals surface area (Å²) in [5.41, 5.74) is 2.87. The Morgan fingerprint density at radius 2 is 1.61 bits per heavy atom. The van der Waals surface area contributed by atoms with Crippen LogP contribution in [0.15, 0.2) is 24.3 Å². The van der Waals surface area contributed by atoms with Crippen molar-refractivity contribution < 1.29 is 14.3 Å². The molecule has 2 N–H and O–H groups in total. The molecule has 6 heteroatoms. The second-order valence-corrected chi connectivity index (χ2v) is 15.9. The van der Waals surface area contributed by atoms with Crippen molar-refractivity contribution >= 4 is 5.78 Å². The summed E-state index contributed by atoms with van der Waals surface area (Å²) in [5.74, 6) is 3.81. The molecule has 1 aromatic rings. The summed E-state index contributed by atoms with van der Waals surface area (Å²) in [6, 6.07) is 10.1. The number of nitrogens with zero attached hydrogens (tertiary/aromatic N) is 1. The summed E-state index contributed by atoms with van der Waals surface area (Å²) in [6.07, 6.45) is 14.2. The quantitative estimate of drug-likeness (QED) is 0.296. The van der Waals surface area contributed by atoms with Crippen LogP contribution >= 0.6 is 0 Å². The first-order valence-corrected chi connectivity index (χ1v) is 18.3. The Labute approximate surface area is 267 Å². The topological polar surface area (TPSA) is 62.8 Å². The standard InChI is InChI=1S/C38H61N3O3/c1-26-5-7-29(8-6-26)24-44-33-10-12-34-32(23-33)9-11-35-36(39-28(3)40-37(34)35)31-15-19-41(20-16-31)21-22-43-25-38(4)17-13-30(14-18-38)27(2)42/h5-8,28,30-37,39-40H,9-25H2,1-4H3. The van der Waals surface area contributed by atoms with Crippen LogP contribution in [0.1, 0.15) is 103 Å². The number of ether oxygens (including phenoxy) is 2. The highest BCUT2D eigenvalue weighted by Gasteiger charge is 2.49. The van der Waals surface area contributed by atoms with E-state index in [1.165, 1.54) is 69.2 Å². The van der Waals surface area contributed by atoms with Crippen LogP contribution in [0.5, 0.6) is 0 Å². The van der Waals surface area contributed by atoms with Gasteiger partial charge in [0.05, 0.1) is 32.1 Å². The van der Waals surface area contributed by atoms with Crippen LogP contribution in [0.4, 0.5) is 0 Å². The van der Waals surface area contributed by atoms with E-state index in [1.807, 2.05) is 0 Å². The number of hydrogen-bond donors (Lipinski definition) is 2. The van der Waals surface area contributed by atoms with Crippen LogP contribution in [0, 0.1) is 41.9 Å². The first kappa shape index (κ1) is 32.6. The highest BCUT2D eigenvalue weighted by molar-refractivity contribution is 5.78. The minimum atomic E-state index is 0.250. The minimum Gasteiger partial charge on any atom is -0.380 e. The predicted octanol–water partition coefficient (Wildman–Crippen LogP) is 6.50. The smallest absolute Gasteiger partial charge is 0.132 e. The van der Waals surface area contributed by atoms with E-state index in [-0.39, 0.29) is 11.3 Å². The zero-order chi connectivity index (χ0) is 30.7. The van der Waals surface area contributed by atoms with E-state index in [1.54, 1.807) is 6.92 Å². The summed E-state index contributed by atoms with van der Waals surface area (Å²) >= 11 is 0. The number of fused-ring (bicyclic) bond motifs is 3. The van der Waals surface area contributed by atoms with Crippen molar-refractivity contribution in [3.05, 3.63) is 35.4 Å². The molecule has 6 rings (SSSR count). The van der Waals surface area contributed by atoms with Crippen molar-refractivity contribution in [2.24, 2.45) is 35.0 Å². The molecule has 7 atom stereocenters. The van der Waals surface area contributed by atoms with E-state index in [4.69, 9.17) is 9.47 Å². The molecule has 1 aromatic carbocycles. The fraction of sp³-hybridized carbons (Fsp3) is 0.816. The number of Topliss-reactive ketones (excluding diaryl/α,β-unsaturated/α-hetero) is 1. The Bertz CT molecular complexity index is 1060. The molecule has 0 aromatic heterocycles. The van der Waals surface area contributed by atoms with E-state index in [0.717, 1.165) is 75.7 Å². The average molecular weight is 608 g/mol. The van der Waals surface area contributed by atoms with Crippen LogP contribution in [0.25, 0.3) is 0 Å². The van der Waals surface area contributed by atoms with Gasteiger partial charge in [-0.05, 0) is 139 Å². The Morgan fingerprint density at radius 1 is 0.909 bits per heavy atom. The van der Waals surface area contributed by atoms with Crippen LogP contribution in [-0.2, 0) is 20.9 Å². The highest BCUT2D eigenvalue weighted by Crippen LogP contribution is 2.47. The number of likely N-dealkylation sites (tertiary alicyclic amines) is 1. The zero-order valence-corrected chi connectivity index (χ0v) is 28.2. The van der Waals surface area contributed by atoms with Gasteiger partial charge in [0.1, 0.15) is 5.78 Å². The van der Waals surface area contributed by atoms with Crippen molar-refractivity contribution in [1.82, 2.24) is 15.5 Å². The third-order valence-corrected chi connectivity index (χ3v) is 12.6. The summed E-state index contributed by atoms with van der Waals surface area (Å²) in [4.78, 5) is 14.4. The number of benzene rings is 1. The normalized spacial score (nSPS) is 38.5. The third-order valence-electron chi connectivity index (χ3n) is 12.6. The monoisotopic (exact) mass is 607 g/mol. The molecule has 44 heavy (non-hydrogen) atoms. The number of rotatable bonds is 10. The lowest BCUT2D eigenvalue weighted by Crippen LogP contribution is -2.68. The van der Waals surface area contributed by atoms with Crippen molar-refractivity contribution in [3.63, 3.8) is 0 Å². The van der Waals surface area contributed by atoms with Crippen LogP contribution < -0.4 is 10.6 Å². The molecule has 6 nitrogen and oxygen atoms in total. The van der Waals surface area contributed by atoms with Gasteiger partial charge in [-0.3, -0.25) is 15.4 Å². The van der Waals surface area contributed by atoms with Gasteiger partial charge in [-0.15, -0.1) is 0 Å². The second-order valence-electron chi connectivity index (χ2n) is 15.9. The maximum absolute atomic E-state index is 11.7. The number of nitrogens with one attached hydrogen (secondary N) is 2. The van der Waals surface area contributed by atoms with Crippen molar-refractivity contribution in [2.45, 2.75) is 129 Å². The lowest BCUT2D eigenvalue weighted by molar-refractivity contribution is -0.122. The number of piperidine rings is 1. The Morgan fingerprint density at radius 3 is 2.34 bits per heavy atom. The van der Waals surface area contributed by atoms with Gasteiger partial charge in [-0.1, -0.05) is 36.8 Å². The molecular weight excluding hydrogens is 546 g/mol. The van der Waals surface area contributed by atoms with Gasteiger partial charge in [0.2, 0.25) is 0 Å². The molecule has 5 fully saturated rings. The van der Waals surface area contributed by atoms with Gasteiger partial charge >= 0.3 is 0 Å². The number of carbonyl (C=O) groups is 1. The molecule has 2 aliphatic heterocycles. The Kier molecular flexibility index (Phi) is 10.8. The minimum absolute atomic E-state index is 0.250. The lowest BCUT2D eigenvalue weighted by atomic mass is 9.60. The molecule has 7 unspecified atom stereocenters. The molecule has 3 aliphatic carbocycles. The largest absolute Gasteiger partial charge is 0.380 e. The second kappa shape index (κ2) is 14.6. The maximum atomic E-state index is 11.7. The molecular formula is C38H61N3O3. The fourth-order valence-electron chi connectivity index (χ4n) is 9.80. The summed E-state index contributed by atoms with van der Waals surface area (Å²) in [5, 5.41) is 8.10. The molecule has 0 bridgehead atoms. The van der Waals surface area contributed by atoms with Gasteiger partial charge in [0.15, 0.2) is 0 Å². The van der Waals surface area contributed by atoms with Gasteiger partial charge in [0, 0.05) is 24.5 Å². The first-order valence-electron chi connectivity index (χ1n) is 18.3. The Hall–Kier alpha value is -1.31. The Balaban J connectivity index is 0.928. The molecule has 3 saturated carbocycles. The molecule has 5 aliphatic rings. The average Bonchev–Trinajstić information content (AvgIpc) is 3.03. The molecule has 2 heterocycles. The summed E-state index contributed by atoms with van der Waals surface area (Å²) in [6.45, 7) is 14.5. The van der Waals surface area contributed by atoms with E-state index >= 15 is 0 Å². The van der Waals surface area contributed by atoms with Gasteiger partial charge in [-0.2, -0.15) is 0 Å². The molecule has 246 valence electrons. The number of hydrogen-bond acceptors (Lipinski definition) is 6. The van der Waals surface area contributed by atoms with Crippen LogP contribution in [-0.4, -0.2) is 67.9 Å². The van der Waals surface area contributed by atoms with Crippen LogP contribution in [0.2, 0.25) is 0 Å². The van der Waals surface area contributed by atoms with E-state index < -0.39 is 0 Å². The van der Waals surface area contributed by atoms with E-state index in [2.05, 4.69) is 60.6 Å². The van der Waals surface area contributed by atoms with Crippen molar-refractivity contribution in [1.29, 1.82) is 0 Å². The van der Waals surface area contributed by atoms with Gasteiger partial charge in [-0.25, -0.2) is 0 Å². The SMILES string of the molecule is CC(=O)C1CCC(C)(COCCN2CCC(C3NC(C)NC4C5CCC(OCc6ccc(C)cc6)CC5CCC34)CC2)CC1. The van der Waals surface area contributed by atoms with Crippen LogP contribution in [0.3, 0.4) is 0 Å². The van der Waals surface area contributed by atoms with Crippen molar-refractivity contribution in [2.75, 3.05) is 32.8 Å². The molecule has 0 amide bonds. The summed E-state index contributed by atoms with van der Waals surface area (Å²) < 4.78 is 12.7. The molecule has 0 radical (unpaired) electrons. The van der Waals surface area contributed by atoms with E-state index in [0.29, 0.717) is 30.1 Å². The lowest BCUT2D eigenvalue weighted by Gasteiger charge is -2.55. The number of carbonyl (C=O) groups excluding carboxylic acids is 1. The molecule has 2 saturated heterocycles. The fourth-order valence-corrected chi connectivity index (χ4v) is 9.80. The van der Waals surface area contributed by atoms with Crippen molar-refractivity contribution in [3.8, 4) is 0 Å². The van der Waals surface area contributed by atoms with Gasteiger partial charge < -0.3 is 14.4 Å². The summed E-state index contributed by atoms with van der Waals surface area (Å²) in [7, 11) is 0. The zero-order valence-electron chi connectivity index (χ0n) is 28.2.